The van der Waals surface area contributed by atoms with Crippen LogP contribution in [0.3, 0.4) is 0 Å². The van der Waals surface area contributed by atoms with Crippen LogP contribution in [0.25, 0.3) is 0 Å². The fourth-order valence-electron chi connectivity index (χ4n) is 1.22. The number of nitrogens with two attached hydrogens (primary N) is 1. The summed E-state index contributed by atoms with van der Waals surface area (Å²) < 4.78 is 26.8. The molecule has 0 saturated carbocycles. The Kier molecular flexibility index (Phi) is 4.40. The van der Waals surface area contributed by atoms with Gasteiger partial charge in [0, 0.05) is 0 Å². The van der Waals surface area contributed by atoms with Crippen molar-refractivity contribution in [1.82, 2.24) is 0 Å². The summed E-state index contributed by atoms with van der Waals surface area (Å²) in [6.45, 7) is 0. The fourth-order valence-corrected chi connectivity index (χ4v) is 1.91. The molecular weight excluding hydrogens is 260 g/mol. The number of anilines is 1. The SMILES string of the molecule is COC(=O)CC(=O)Nc1ccccc1S(N)(=O)=O. The van der Waals surface area contributed by atoms with Gasteiger partial charge in [0.25, 0.3) is 0 Å². The number of sulfonamides is 1. The number of primary sulfonamides is 1. The summed E-state index contributed by atoms with van der Waals surface area (Å²) in [5.74, 6) is -1.40. The molecule has 0 saturated heterocycles. The molecule has 0 aliphatic carbocycles. The first-order chi connectivity index (χ1) is 8.34. The molecule has 0 spiro atoms. The van der Waals surface area contributed by atoms with Crippen molar-refractivity contribution in [2.24, 2.45) is 5.14 Å². The largest absolute Gasteiger partial charge is 0.469 e. The Hall–Kier alpha value is -1.93. The molecular formula is C10H12N2O5S. The van der Waals surface area contributed by atoms with Crippen LogP contribution in [-0.4, -0.2) is 27.4 Å². The van der Waals surface area contributed by atoms with Crippen LogP contribution in [0.2, 0.25) is 0 Å². The Morgan fingerprint density at radius 1 is 1.33 bits per heavy atom. The number of para-hydroxylation sites is 1. The predicted molar refractivity (Wildman–Crippen MR) is 63.1 cm³/mol. The average Bonchev–Trinajstić information content (AvgIpc) is 2.27. The molecule has 0 fully saturated rings. The molecule has 7 nitrogen and oxygen atoms in total. The molecule has 3 N–H and O–H groups in total. The van der Waals surface area contributed by atoms with Crippen LogP contribution in [0.4, 0.5) is 5.69 Å². The van der Waals surface area contributed by atoms with E-state index < -0.39 is 28.3 Å². The normalized spacial score (nSPS) is 10.8. The Morgan fingerprint density at radius 2 is 1.94 bits per heavy atom. The molecule has 1 amide bonds. The van der Waals surface area contributed by atoms with Crippen molar-refractivity contribution in [3.8, 4) is 0 Å². The molecule has 0 aromatic heterocycles. The number of carbonyl (C=O) groups excluding carboxylic acids is 2. The topological polar surface area (TPSA) is 116 Å². The third kappa shape index (κ3) is 3.82. The zero-order valence-corrected chi connectivity index (χ0v) is 10.4. The standard InChI is InChI=1S/C10H12N2O5S/c1-17-10(14)6-9(13)12-7-4-2-3-5-8(7)18(11,15)16/h2-5H,6H2,1H3,(H,12,13)(H2,11,15,16). The number of nitrogens with one attached hydrogen (secondary N) is 1. The highest BCUT2D eigenvalue weighted by molar-refractivity contribution is 7.89. The summed E-state index contributed by atoms with van der Waals surface area (Å²) in [7, 11) is -2.80. The Morgan fingerprint density at radius 3 is 2.50 bits per heavy atom. The third-order valence-electron chi connectivity index (χ3n) is 2.00. The van der Waals surface area contributed by atoms with Crippen molar-refractivity contribution in [1.29, 1.82) is 0 Å². The van der Waals surface area contributed by atoms with Gasteiger partial charge in [-0.1, -0.05) is 12.1 Å². The van der Waals surface area contributed by atoms with Crippen molar-refractivity contribution >= 4 is 27.6 Å². The van der Waals surface area contributed by atoms with E-state index in [0.717, 1.165) is 7.11 Å². The van der Waals surface area contributed by atoms with Crippen molar-refractivity contribution in [2.45, 2.75) is 11.3 Å². The smallest absolute Gasteiger partial charge is 0.315 e. The van der Waals surface area contributed by atoms with Gasteiger partial charge in [-0.3, -0.25) is 9.59 Å². The van der Waals surface area contributed by atoms with Gasteiger partial charge in [-0.25, -0.2) is 13.6 Å². The molecule has 1 rings (SSSR count). The zero-order chi connectivity index (χ0) is 13.8. The van der Waals surface area contributed by atoms with Gasteiger partial charge >= 0.3 is 5.97 Å². The maximum Gasteiger partial charge on any atom is 0.315 e. The highest BCUT2D eigenvalue weighted by Gasteiger charge is 2.16. The zero-order valence-electron chi connectivity index (χ0n) is 9.54. The van der Waals surface area contributed by atoms with Gasteiger partial charge in [-0.05, 0) is 12.1 Å². The van der Waals surface area contributed by atoms with Gasteiger partial charge in [0.15, 0.2) is 0 Å². The molecule has 0 atom stereocenters. The summed E-state index contributed by atoms with van der Waals surface area (Å²) in [6, 6.07) is 5.62. The van der Waals surface area contributed by atoms with Crippen molar-refractivity contribution < 1.29 is 22.7 Å². The number of amides is 1. The second kappa shape index (κ2) is 5.61. The molecule has 1 aromatic carbocycles. The van der Waals surface area contributed by atoms with E-state index in [-0.39, 0.29) is 10.6 Å². The fraction of sp³-hybridized carbons (Fsp3) is 0.200. The monoisotopic (exact) mass is 272 g/mol. The summed E-state index contributed by atoms with van der Waals surface area (Å²) >= 11 is 0. The number of rotatable bonds is 4. The molecule has 0 heterocycles. The summed E-state index contributed by atoms with van der Waals surface area (Å²) in [6.07, 6.45) is -0.505. The predicted octanol–water partition coefficient (Wildman–Crippen LogP) is -0.164. The van der Waals surface area contributed by atoms with Crippen molar-refractivity contribution in [2.75, 3.05) is 12.4 Å². The number of carbonyl (C=O) groups is 2. The highest BCUT2D eigenvalue weighted by Crippen LogP contribution is 2.19. The first kappa shape index (κ1) is 14.1. The first-order valence-electron chi connectivity index (χ1n) is 4.83. The van der Waals surface area contributed by atoms with Crippen LogP contribution in [0.1, 0.15) is 6.42 Å². The number of hydrogen-bond acceptors (Lipinski definition) is 5. The number of benzene rings is 1. The Labute approximate surface area is 104 Å². The van der Waals surface area contributed by atoms with E-state index in [2.05, 4.69) is 10.1 Å². The van der Waals surface area contributed by atoms with Crippen LogP contribution in [0, 0.1) is 0 Å². The van der Waals surface area contributed by atoms with E-state index in [1.165, 1.54) is 24.3 Å². The molecule has 0 unspecified atom stereocenters. The first-order valence-corrected chi connectivity index (χ1v) is 6.37. The van der Waals surface area contributed by atoms with Gasteiger partial charge in [-0.2, -0.15) is 0 Å². The molecule has 18 heavy (non-hydrogen) atoms. The van der Waals surface area contributed by atoms with Gasteiger partial charge in [0.05, 0.1) is 12.8 Å². The lowest BCUT2D eigenvalue weighted by atomic mass is 10.3. The molecule has 98 valence electrons. The van der Waals surface area contributed by atoms with E-state index in [1.54, 1.807) is 0 Å². The van der Waals surface area contributed by atoms with Crippen LogP contribution in [0.15, 0.2) is 29.2 Å². The summed E-state index contributed by atoms with van der Waals surface area (Å²) in [4.78, 5) is 22.1. The van der Waals surface area contributed by atoms with E-state index >= 15 is 0 Å². The maximum absolute atomic E-state index is 11.4. The lowest BCUT2D eigenvalue weighted by Crippen LogP contribution is -2.20. The molecule has 1 aromatic rings. The molecule has 0 radical (unpaired) electrons. The quantitative estimate of drug-likeness (QED) is 0.583. The van der Waals surface area contributed by atoms with Crippen molar-refractivity contribution in [3.05, 3.63) is 24.3 Å². The van der Waals surface area contributed by atoms with Crippen LogP contribution >= 0.6 is 0 Å². The van der Waals surface area contributed by atoms with Gasteiger partial charge in [-0.15, -0.1) is 0 Å². The molecule has 0 aliphatic heterocycles. The molecule has 0 bridgehead atoms. The summed E-state index contributed by atoms with van der Waals surface area (Å²) in [5, 5.41) is 7.27. The van der Waals surface area contributed by atoms with E-state index in [4.69, 9.17) is 5.14 Å². The second-order valence-electron chi connectivity index (χ2n) is 3.34. The van der Waals surface area contributed by atoms with E-state index in [1.807, 2.05) is 0 Å². The number of ether oxygens (including phenoxy) is 1. The lowest BCUT2D eigenvalue weighted by molar-refractivity contribution is -0.142. The Balaban J connectivity index is 2.92. The van der Waals surface area contributed by atoms with Crippen LogP contribution in [-0.2, 0) is 24.3 Å². The number of esters is 1. The minimum Gasteiger partial charge on any atom is -0.469 e. The van der Waals surface area contributed by atoms with Crippen LogP contribution < -0.4 is 10.5 Å². The van der Waals surface area contributed by atoms with E-state index in [9.17, 15) is 18.0 Å². The number of methoxy groups -OCH3 is 1. The van der Waals surface area contributed by atoms with Gasteiger partial charge in [0.1, 0.15) is 11.3 Å². The minimum absolute atomic E-state index is 0.0221. The molecule has 8 heteroatoms. The second-order valence-corrected chi connectivity index (χ2v) is 4.87. The van der Waals surface area contributed by atoms with Crippen LogP contribution in [0.5, 0.6) is 0 Å². The Bertz CT molecular complexity index is 567. The average molecular weight is 272 g/mol. The van der Waals surface area contributed by atoms with Gasteiger partial charge < -0.3 is 10.1 Å². The highest BCUT2D eigenvalue weighted by atomic mass is 32.2. The van der Waals surface area contributed by atoms with E-state index in [0.29, 0.717) is 0 Å². The number of hydrogen-bond donors (Lipinski definition) is 2. The van der Waals surface area contributed by atoms with Gasteiger partial charge in [0.2, 0.25) is 15.9 Å². The maximum atomic E-state index is 11.4. The van der Waals surface area contributed by atoms with Crippen molar-refractivity contribution in [3.63, 3.8) is 0 Å². The molecule has 0 aliphatic rings. The minimum atomic E-state index is -3.94. The lowest BCUT2D eigenvalue weighted by Gasteiger charge is -2.08. The third-order valence-corrected chi connectivity index (χ3v) is 2.97. The summed E-state index contributed by atoms with van der Waals surface area (Å²) in [5.41, 5.74) is 0.0221.